The minimum Gasteiger partial charge on any atom is -0.325 e. The topological polar surface area (TPSA) is 59.8 Å². The van der Waals surface area contributed by atoms with Crippen molar-refractivity contribution in [3.05, 3.63) is 69.7 Å². The van der Waals surface area contributed by atoms with Crippen LogP contribution >= 0.6 is 39.5 Å². The predicted octanol–water partition coefficient (Wildman–Crippen LogP) is 5.67. The number of aryl methyl sites for hydroxylation is 1. The number of halogens is 2. The Morgan fingerprint density at radius 1 is 1.17 bits per heavy atom. The Balaban J connectivity index is 1.53. The van der Waals surface area contributed by atoms with Crippen molar-refractivity contribution in [2.24, 2.45) is 0 Å². The standard InChI is InChI=1S/C21H22BrFN4OS2/c1-3-27-19(12-29-11-15-4-7-17(23)8-5-15)25-26-21(27)30-13-20(28)24-18-9-6-16(22)10-14(18)2/h4-10H,3,11-13H2,1-2H3,(H,24,28). The fraction of sp³-hybridized carbons (Fsp3) is 0.286. The maximum Gasteiger partial charge on any atom is 0.234 e. The number of rotatable bonds is 9. The third kappa shape index (κ3) is 6.33. The highest BCUT2D eigenvalue weighted by Crippen LogP contribution is 2.23. The average molecular weight is 509 g/mol. The van der Waals surface area contributed by atoms with Crippen molar-refractivity contribution in [3.8, 4) is 0 Å². The van der Waals surface area contributed by atoms with Crippen LogP contribution in [0.25, 0.3) is 0 Å². The number of aromatic nitrogens is 3. The molecule has 0 saturated heterocycles. The summed E-state index contributed by atoms with van der Waals surface area (Å²) in [7, 11) is 0. The van der Waals surface area contributed by atoms with Gasteiger partial charge in [-0.3, -0.25) is 4.79 Å². The summed E-state index contributed by atoms with van der Waals surface area (Å²) >= 11 is 6.50. The van der Waals surface area contributed by atoms with Gasteiger partial charge in [0, 0.05) is 22.5 Å². The Labute approximate surface area is 192 Å². The van der Waals surface area contributed by atoms with E-state index in [9.17, 15) is 9.18 Å². The van der Waals surface area contributed by atoms with Crippen LogP contribution in [0.3, 0.4) is 0 Å². The molecule has 0 fully saturated rings. The van der Waals surface area contributed by atoms with E-state index in [1.54, 1.807) is 23.9 Å². The van der Waals surface area contributed by atoms with Gasteiger partial charge in [-0.05, 0) is 55.3 Å². The minimum absolute atomic E-state index is 0.0803. The van der Waals surface area contributed by atoms with E-state index in [0.29, 0.717) is 5.75 Å². The lowest BCUT2D eigenvalue weighted by atomic mass is 10.2. The van der Waals surface area contributed by atoms with Gasteiger partial charge in [0.2, 0.25) is 5.91 Å². The number of hydrogen-bond acceptors (Lipinski definition) is 5. The van der Waals surface area contributed by atoms with Crippen LogP contribution in [0.4, 0.5) is 10.1 Å². The Morgan fingerprint density at radius 3 is 2.63 bits per heavy atom. The lowest BCUT2D eigenvalue weighted by Crippen LogP contribution is -2.15. The molecule has 1 N–H and O–H groups in total. The van der Waals surface area contributed by atoms with Crippen molar-refractivity contribution in [3.63, 3.8) is 0 Å². The Kier molecular flexibility index (Phi) is 8.35. The molecule has 5 nitrogen and oxygen atoms in total. The summed E-state index contributed by atoms with van der Waals surface area (Å²) in [4.78, 5) is 12.4. The van der Waals surface area contributed by atoms with Gasteiger partial charge in [-0.25, -0.2) is 4.39 Å². The van der Waals surface area contributed by atoms with Crippen LogP contribution < -0.4 is 5.32 Å². The van der Waals surface area contributed by atoms with E-state index >= 15 is 0 Å². The third-order valence-corrected chi connectivity index (χ3v) is 6.78. The second-order valence-corrected chi connectivity index (χ2v) is 9.40. The van der Waals surface area contributed by atoms with Crippen molar-refractivity contribution < 1.29 is 9.18 Å². The second kappa shape index (κ2) is 11.0. The van der Waals surface area contributed by atoms with Gasteiger partial charge in [-0.2, -0.15) is 0 Å². The Bertz CT molecular complexity index is 1010. The zero-order valence-electron chi connectivity index (χ0n) is 16.7. The average Bonchev–Trinajstić information content (AvgIpc) is 3.12. The van der Waals surface area contributed by atoms with Crippen molar-refractivity contribution in [2.45, 2.75) is 37.1 Å². The Hall–Kier alpha value is -1.84. The first-order chi connectivity index (χ1) is 14.5. The van der Waals surface area contributed by atoms with Crippen LogP contribution in [0.5, 0.6) is 0 Å². The number of nitrogens with zero attached hydrogens (tertiary/aromatic N) is 3. The molecule has 0 aliphatic heterocycles. The number of thioether (sulfide) groups is 2. The zero-order chi connectivity index (χ0) is 21.5. The van der Waals surface area contributed by atoms with Gasteiger partial charge in [-0.15, -0.1) is 22.0 Å². The zero-order valence-corrected chi connectivity index (χ0v) is 19.9. The molecular formula is C21H22BrFN4OS2. The van der Waals surface area contributed by atoms with E-state index in [0.717, 1.165) is 44.6 Å². The van der Waals surface area contributed by atoms with Gasteiger partial charge in [0.05, 0.1) is 11.5 Å². The van der Waals surface area contributed by atoms with E-state index in [2.05, 4.69) is 31.4 Å². The number of carbonyl (C=O) groups is 1. The summed E-state index contributed by atoms with van der Waals surface area (Å²) in [6.07, 6.45) is 0. The summed E-state index contributed by atoms with van der Waals surface area (Å²) in [5, 5.41) is 12.2. The molecule has 9 heteroatoms. The van der Waals surface area contributed by atoms with Crippen LogP contribution in [-0.2, 0) is 22.8 Å². The number of benzene rings is 2. The van der Waals surface area contributed by atoms with Gasteiger partial charge in [0.25, 0.3) is 0 Å². The summed E-state index contributed by atoms with van der Waals surface area (Å²) in [5.74, 6) is 2.29. The molecule has 0 aliphatic rings. The monoisotopic (exact) mass is 508 g/mol. The van der Waals surface area contributed by atoms with Crippen molar-refractivity contribution in [1.29, 1.82) is 0 Å². The summed E-state index contributed by atoms with van der Waals surface area (Å²) < 4.78 is 16.0. The van der Waals surface area contributed by atoms with Crippen LogP contribution in [0.2, 0.25) is 0 Å². The molecule has 2 aromatic carbocycles. The number of anilines is 1. The third-order valence-electron chi connectivity index (χ3n) is 4.32. The van der Waals surface area contributed by atoms with Crippen molar-refractivity contribution >= 4 is 51.0 Å². The highest BCUT2D eigenvalue weighted by molar-refractivity contribution is 9.10. The van der Waals surface area contributed by atoms with Gasteiger partial charge < -0.3 is 9.88 Å². The first-order valence-corrected chi connectivity index (χ1v) is 12.3. The summed E-state index contributed by atoms with van der Waals surface area (Å²) in [6.45, 7) is 4.72. The number of hydrogen-bond donors (Lipinski definition) is 1. The van der Waals surface area contributed by atoms with E-state index in [4.69, 9.17) is 0 Å². The quantitative estimate of drug-likeness (QED) is 0.377. The van der Waals surface area contributed by atoms with E-state index in [1.807, 2.05) is 36.6 Å². The summed E-state index contributed by atoms with van der Waals surface area (Å²) in [5.41, 5.74) is 2.87. The number of amides is 1. The van der Waals surface area contributed by atoms with Crippen LogP contribution in [0.1, 0.15) is 23.9 Å². The molecule has 0 spiro atoms. The highest BCUT2D eigenvalue weighted by atomic mass is 79.9. The molecule has 0 aliphatic carbocycles. The molecule has 0 radical (unpaired) electrons. The summed E-state index contributed by atoms with van der Waals surface area (Å²) in [6, 6.07) is 12.3. The molecule has 0 atom stereocenters. The Morgan fingerprint density at radius 2 is 1.93 bits per heavy atom. The van der Waals surface area contributed by atoms with Gasteiger partial charge in [-0.1, -0.05) is 39.8 Å². The maximum atomic E-state index is 13.0. The van der Waals surface area contributed by atoms with Crippen LogP contribution in [0.15, 0.2) is 52.1 Å². The molecule has 0 unspecified atom stereocenters. The SMILES string of the molecule is CCn1c(CSCc2ccc(F)cc2)nnc1SCC(=O)Nc1ccc(Br)cc1C. The molecule has 3 aromatic rings. The molecule has 1 amide bonds. The van der Waals surface area contributed by atoms with Crippen molar-refractivity contribution in [2.75, 3.05) is 11.1 Å². The molecule has 3 rings (SSSR count). The molecule has 30 heavy (non-hydrogen) atoms. The molecule has 1 heterocycles. The largest absolute Gasteiger partial charge is 0.325 e. The number of nitrogens with one attached hydrogen (secondary N) is 1. The highest BCUT2D eigenvalue weighted by Gasteiger charge is 2.14. The fourth-order valence-corrected chi connectivity index (χ4v) is 5.00. The second-order valence-electron chi connectivity index (χ2n) is 6.56. The van der Waals surface area contributed by atoms with Gasteiger partial charge >= 0.3 is 0 Å². The normalized spacial score (nSPS) is 10.9. The van der Waals surface area contributed by atoms with Crippen LogP contribution in [-0.4, -0.2) is 26.4 Å². The van der Waals surface area contributed by atoms with E-state index < -0.39 is 0 Å². The first kappa shape index (κ1) is 22.8. The molecule has 0 saturated carbocycles. The number of carbonyl (C=O) groups excluding carboxylic acids is 1. The minimum atomic E-state index is -0.226. The van der Waals surface area contributed by atoms with Gasteiger partial charge in [0.1, 0.15) is 11.6 Å². The smallest absolute Gasteiger partial charge is 0.234 e. The fourth-order valence-electron chi connectivity index (χ4n) is 2.77. The maximum absolute atomic E-state index is 13.0. The predicted molar refractivity (Wildman–Crippen MR) is 125 cm³/mol. The van der Waals surface area contributed by atoms with Crippen LogP contribution in [0, 0.1) is 12.7 Å². The lowest BCUT2D eigenvalue weighted by Gasteiger charge is -2.09. The van der Waals surface area contributed by atoms with Crippen molar-refractivity contribution in [1.82, 2.24) is 14.8 Å². The molecular weight excluding hydrogens is 487 g/mol. The van der Waals surface area contributed by atoms with E-state index in [1.165, 1.54) is 23.9 Å². The molecule has 158 valence electrons. The molecule has 0 bridgehead atoms. The lowest BCUT2D eigenvalue weighted by molar-refractivity contribution is -0.113. The van der Waals surface area contributed by atoms with E-state index in [-0.39, 0.29) is 17.5 Å². The first-order valence-electron chi connectivity index (χ1n) is 9.39. The molecule has 1 aromatic heterocycles. The van der Waals surface area contributed by atoms with Gasteiger partial charge in [0.15, 0.2) is 5.16 Å².